The summed E-state index contributed by atoms with van der Waals surface area (Å²) in [7, 11) is 0. The summed E-state index contributed by atoms with van der Waals surface area (Å²) in [5.74, 6) is 0.470. The van der Waals surface area contributed by atoms with E-state index in [0.29, 0.717) is 22.1 Å². The zero-order valence-corrected chi connectivity index (χ0v) is 17.4. The average Bonchev–Trinajstić information content (AvgIpc) is 3.45. The smallest absolute Gasteiger partial charge is 0.255 e. The Morgan fingerprint density at radius 3 is 2.68 bits per heavy atom. The quantitative estimate of drug-likeness (QED) is 0.335. The van der Waals surface area contributed by atoms with E-state index in [4.69, 9.17) is 16.0 Å². The van der Waals surface area contributed by atoms with Crippen molar-refractivity contribution in [3.05, 3.63) is 95.4 Å². The SMILES string of the molecule is Cc1cc(-c2ccoc2)ccc1C(=O)Nc1ccc(Cl)c(-c2nc3ccccc3[nH]2)c1. The van der Waals surface area contributed by atoms with Gasteiger partial charge in [-0.25, -0.2) is 4.98 Å². The first-order valence-corrected chi connectivity index (χ1v) is 10.2. The van der Waals surface area contributed by atoms with Crippen LogP contribution in [0.4, 0.5) is 5.69 Å². The summed E-state index contributed by atoms with van der Waals surface area (Å²) in [6.45, 7) is 1.92. The standard InChI is InChI=1S/C25H18ClN3O2/c1-15-12-16(17-10-11-31-14-17)6-8-19(15)25(30)27-18-7-9-21(26)20(13-18)24-28-22-4-2-3-5-23(22)29-24/h2-14H,1H3,(H,27,30)(H,28,29). The molecule has 0 saturated heterocycles. The Morgan fingerprint density at radius 2 is 1.90 bits per heavy atom. The maximum atomic E-state index is 12.9. The van der Waals surface area contributed by atoms with E-state index in [2.05, 4.69) is 15.3 Å². The highest BCUT2D eigenvalue weighted by Crippen LogP contribution is 2.31. The number of carbonyl (C=O) groups is 1. The molecule has 3 aromatic carbocycles. The van der Waals surface area contributed by atoms with Crippen molar-refractivity contribution in [1.82, 2.24) is 9.97 Å². The highest BCUT2D eigenvalue weighted by molar-refractivity contribution is 6.33. The van der Waals surface area contributed by atoms with Gasteiger partial charge < -0.3 is 14.7 Å². The number of aromatic amines is 1. The van der Waals surface area contributed by atoms with Gasteiger partial charge in [-0.15, -0.1) is 0 Å². The number of fused-ring (bicyclic) bond motifs is 1. The second-order valence-corrected chi connectivity index (χ2v) is 7.70. The summed E-state index contributed by atoms with van der Waals surface area (Å²) in [4.78, 5) is 20.8. The molecule has 0 aliphatic carbocycles. The van der Waals surface area contributed by atoms with Crippen molar-refractivity contribution in [1.29, 1.82) is 0 Å². The van der Waals surface area contributed by atoms with Crippen molar-refractivity contribution < 1.29 is 9.21 Å². The summed E-state index contributed by atoms with van der Waals surface area (Å²) >= 11 is 6.42. The van der Waals surface area contributed by atoms with Gasteiger partial charge in [-0.3, -0.25) is 4.79 Å². The van der Waals surface area contributed by atoms with Crippen molar-refractivity contribution in [2.75, 3.05) is 5.32 Å². The van der Waals surface area contributed by atoms with Crippen LogP contribution in [0.1, 0.15) is 15.9 Å². The second-order valence-electron chi connectivity index (χ2n) is 7.29. The number of aryl methyl sites for hydroxylation is 1. The number of rotatable bonds is 4. The van der Waals surface area contributed by atoms with Crippen molar-refractivity contribution >= 4 is 34.2 Å². The molecule has 2 aromatic heterocycles. The number of benzene rings is 3. The number of amides is 1. The summed E-state index contributed by atoms with van der Waals surface area (Å²) in [6, 6.07) is 20.7. The van der Waals surface area contributed by atoms with Gasteiger partial charge in [-0.1, -0.05) is 35.9 Å². The highest BCUT2D eigenvalue weighted by Gasteiger charge is 2.14. The molecule has 0 aliphatic rings. The van der Waals surface area contributed by atoms with Crippen LogP contribution in [0.3, 0.4) is 0 Å². The van der Waals surface area contributed by atoms with E-state index >= 15 is 0 Å². The van der Waals surface area contributed by atoms with Gasteiger partial charge in [0.1, 0.15) is 5.82 Å². The Bertz CT molecular complexity index is 1370. The fourth-order valence-corrected chi connectivity index (χ4v) is 3.80. The molecule has 0 unspecified atom stereocenters. The first kappa shape index (κ1) is 19.2. The van der Waals surface area contributed by atoms with Crippen molar-refractivity contribution in [2.45, 2.75) is 6.92 Å². The second kappa shape index (κ2) is 7.78. The van der Waals surface area contributed by atoms with E-state index in [0.717, 1.165) is 33.3 Å². The third-order valence-corrected chi connectivity index (χ3v) is 5.52. The largest absolute Gasteiger partial charge is 0.472 e. The molecule has 0 spiro atoms. The first-order valence-electron chi connectivity index (χ1n) is 9.78. The predicted octanol–water partition coefficient (Wildman–Crippen LogP) is 6.70. The van der Waals surface area contributed by atoms with Crippen molar-refractivity contribution in [3.8, 4) is 22.5 Å². The molecular formula is C25H18ClN3O2. The molecule has 0 saturated carbocycles. The van der Waals surface area contributed by atoms with Gasteiger partial charge in [0.15, 0.2) is 0 Å². The fourth-order valence-electron chi connectivity index (χ4n) is 3.59. The maximum Gasteiger partial charge on any atom is 0.255 e. The molecule has 6 heteroatoms. The Kier molecular flexibility index (Phi) is 4.81. The van der Waals surface area contributed by atoms with Gasteiger partial charge in [0.25, 0.3) is 5.91 Å². The lowest BCUT2D eigenvalue weighted by atomic mass is 10.0. The number of halogens is 1. The van der Waals surface area contributed by atoms with Crippen LogP contribution in [-0.2, 0) is 0 Å². The number of aromatic nitrogens is 2. The molecule has 152 valence electrons. The molecular weight excluding hydrogens is 410 g/mol. The van der Waals surface area contributed by atoms with Gasteiger partial charge >= 0.3 is 0 Å². The first-order chi connectivity index (χ1) is 15.1. The van der Waals surface area contributed by atoms with E-state index in [1.165, 1.54) is 0 Å². The van der Waals surface area contributed by atoms with Crippen molar-refractivity contribution in [3.63, 3.8) is 0 Å². The molecule has 5 nitrogen and oxygen atoms in total. The number of imidazole rings is 1. The number of hydrogen-bond donors (Lipinski definition) is 2. The molecule has 31 heavy (non-hydrogen) atoms. The zero-order valence-electron chi connectivity index (χ0n) is 16.6. The zero-order chi connectivity index (χ0) is 21.4. The van der Waals surface area contributed by atoms with Gasteiger partial charge in [0.2, 0.25) is 0 Å². The third kappa shape index (κ3) is 3.71. The van der Waals surface area contributed by atoms with E-state index < -0.39 is 0 Å². The van der Waals surface area contributed by atoms with Crippen molar-refractivity contribution in [2.24, 2.45) is 0 Å². The Hall–Kier alpha value is -3.83. The maximum absolute atomic E-state index is 12.9. The minimum Gasteiger partial charge on any atom is -0.472 e. The van der Waals surface area contributed by atoms with Crippen LogP contribution in [0.25, 0.3) is 33.5 Å². The summed E-state index contributed by atoms with van der Waals surface area (Å²) in [5, 5.41) is 3.52. The van der Waals surface area contributed by atoms with Crippen LogP contribution in [0.15, 0.2) is 83.7 Å². The lowest BCUT2D eigenvalue weighted by Crippen LogP contribution is -2.13. The predicted molar refractivity (Wildman–Crippen MR) is 123 cm³/mol. The highest BCUT2D eigenvalue weighted by atomic mass is 35.5. The van der Waals surface area contributed by atoms with Crippen LogP contribution < -0.4 is 5.32 Å². The van der Waals surface area contributed by atoms with Crippen LogP contribution in [-0.4, -0.2) is 15.9 Å². The number of furan rings is 1. The molecule has 0 radical (unpaired) electrons. The van der Waals surface area contributed by atoms with Gasteiger partial charge in [-0.2, -0.15) is 0 Å². The Morgan fingerprint density at radius 1 is 1.03 bits per heavy atom. The van der Waals surface area contributed by atoms with Crippen LogP contribution in [0.2, 0.25) is 5.02 Å². The Labute approximate surface area is 183 Å². The summed E-state index contributed by atoms with van der Waals surface area (Å²) < 4.78 is 5.14. The number of hydrogen-bond acceptors (Lipinski definition) is 3. The number of nitrogens with one attached hydrogen (secondary N) is 2. The molecule has 0 aliphatic heterocycles. The molecule has 2 N–H and O–H groups in total. The molecule has 0 fully saturated rings. The monoisotopic (exact) mass is 427 g/mol. The van der Waals surface area contributed by atoms with E-state index in [9.17, 15) is 4.79 Å². The number of nitrogens with zero attached hydrogens (tertiary/aromatic N) is 1. The number of carbonyl (C=O) groups excluding carboxylic acids is 1. The van der Waals surface area contributed by atoms with Crippen LogP contribution in [0, 0.1) is 6.92 Å². The molecule has 0 bridgehead atoms. The Balaban J connectivity index is 1.42. The number of para-hydroxylation sites is 2. The fraction of sp³-hybridized carbons (Fsp3) is 0.0400. The lowest BCUT2D eigenvalue weighted by molar-refractivity contribution is 0.102. The molecule has 1 amide bonds. The van der Waals surface area contributed by atoms with Gasteiger partial charge in [0.05, 0.1) is 28.6 Å². The van der Waals surface area contributed by atoms with Crippen LogP contribution >= 0.6 is 11.6 Å². The van der Waals surface area contributed by atoms with E-state index in [-0.39, 0.29) is 5.91 Å². The minimum atomic E-state index is -0.186. The molecule has 5 rings (SSSR count). The normalized spacial score (nSPS) is 11.0. The third-order valence-electron chi connectivity index (χ3n) is 5.19. The molecule has 2 heterocycles. The minimum absolute atomic E-state index is 0.186. The van der Waals surface area contributed by atoms with E-state index in [1.54, 1.807) is 24.7 Å². The van der Waals surface area contributed by atoms with Gasteiger partial charge in [0, 0.05) is 22.4 Å². The number of anilines is 1. The topological polar surface area (TPSA) is 70.9 Å². The van der Waals surface area contributed by atoms with E-state index in [1.807, 2.05) is 61.5 Å². The summed E-state index contributed by atoms with van der Waals surface area (Å²) in [6.07, 6.45) is 3.31. The van der Waals surface area contributed by atoms with Gasteiger partial charge in [-0.05, 0) is 60.5 Å². The lowest BCUT2D eigenvalue weighted by Gasteiger charge is -2.11. The molecule has 5 aromatic rings. The average molecular weight is 428 g/mol. The summed E-state index contributed by atoms with van der Waals surface area (Å²) in [5.41, 5.74) is 6.61. The van der Waals surface area contributed by atoms with Crippen LogP contribution in [0.5, 0.6) is 0 Å². The molecule has 0 atom stereocenters. The number of H-pyrrole nitrogens is 1.